The highest BCUT2D eigenvalue weighted by molar-refractivity contribution is 7.98. The molecule has 0 saturated carbocycles. The van der Waals surface area contributed by atoms with Gasteiger partial charge in [-0.3, -0.25) is 0 Å². The van der Waals surface area contributed by atoms with E-state index < -0.39 is 0 Å². The van der Waals surface area contributed by atoms with Crippen molar-refractivity contribution in [1.29, 1.82) is 0 Å². The van der Waals surface area contributed by atoms with Gasteiger partial charge in [-0.25, -0.2) is 0 Å². The van der Waals surface area contributed by atoms with Crippen molar-refractivity contribution in [2.75, 3.05) is 24.0 Å². The van der Waals surface area contributed by atoms with Crippen molar-refractivity contribution in [3.05, 3.63) is 28.8 Å². The molecular weight excluding hydrogens is 273 g/mol. The second kappa shape index (κ2) is 7.40. The van der Waals surface area contributed by atoms with Gasteiger partial charge in [0.1, 0.15) is 0 Å². The second-order valence-electron chi connectivity index (χ2n) is 4.15. The summed E-state index contributed by atoms with van der Waals surface area (Å²) in [6, 6.07) is 6.38. The van der Waals surface area contributed by atoms with Gasteiger partial charge in [-0.1, -0.05) is 17.7 Å². The highest BCUT2D eigenvalue weighted by atomic mass is 35.5. The van der Waals surface area contributed by atoms with Crippen molar-refractivity contribution < 1.29 is 0 Å². The van der Waals surface area contributed by atoms with Crippen LogP contribution in [-0.4, -0.2) is 25.1 Å². The zero-order valence-electron chi connectivity index (χ0n) is 10.5. The molecule has 17 heavy (non-hydrogen) atoms. The fourth-order valence-corrected chi connectivity index (χ4v) is 2.67. The third-order valence-corrected chi connectivity index (χ3v) is 4.14. The van der Waals surface area contributed by atoms with E-state index in [4.69, 9.17) is 23.2 Å². The average Bonchev–Trinajstić information content (AvgIpc) is 2.34. The van der Waals surface area contributed by atoms with Crippen LogP contribution in [0.5, 0.6) is 0 Å². The lowest BCUT2D eigenvalue weighted by atomic mass is 10.1. The zero-order chi connectivity index (χ0) is 12.8. The molecular formula is C13H19Cl2NS. The highest BCUT2D eigenvalue weighted by Gasteiger charge is 2.13. The van der Waals surface area contributed by atoms with Gasteiger partial charge in [0.15, 0.2) is 0 Å². The van der Waals surface area contributed by atoms with Gasteiger partial charge in [0.05, 0.1) is 0 Å². The van der Waals surface area contributed by atoms with Crippen LogP contribution in [0.4, 0.5) is 5.69 Å². The number of halogens is 2. The van der Waals surface area contributed by atoms with Crippen LogP contribution in [0.25, 0.3) is 0 Å². The quantitative estimate of drug-likeness (QED) is 0.702. The van der Waals surface area contributed by atoms with E-state index in [2.05, 4.69) is 25.1 Å². The van der Waals surface area contributed by atoms with E-state index in [1.54, 1.807) is 0 Å². The van der Waals surface area contributed by atoms with Crippen LogP contribution in [0.3, 0.4) is 0 Å². The standard InChI is InChI=1S/C13H19Cl2NS/c1-10(6-7-17-3)16(2)13-8-12(15)5-4-11(13)9-14/h4-5,8,10H,6-7,9H2,1-3H3. The van der Waals surface area contributed by atoms with Crippen LogP contribution >= 0.6 is 35.0 Å². The molecule has 0 saturated heterocycles. The van der Waals surface area contributed by atoms with Crippen LogP contribution in [0.1, 0.15) is 18.9 Å². The predicted molar refractivity (Wildman–Crippen MR) is 81.9 cm³/mol. The minimum atomic E-state index is 0.489. The van der Waals surface area contributed by atoms with Gasteiger partial charge in [0, 0.05) is 29.7 Å². The first kappa shape index (κ1) is 15.0. The fourth-order valence-electron chi connectivity index (χ4n) is 1.70. The Morgan fingerprint density at radius 1 is 1.41 bits per heavy atom. The Balaban J connectivity index is 2.86. The molecule has 96 valence electrons. The van der Waals surface area contributed by atoms with Crippen LogP contribution in [-0.2, 0) is 5.88 Å². The van der Waals surface area contributed by atoms with E-state index in [9.17, 15) is 0 Å². The predicted octanol–water partition coefficient (Wildman–Crippen LogP) is 4.66. The number of alkyl halides is 1. The average molecular weight is 292 g/mol. The Labute approximate surface area is 118 Å². The molecule has 0 aliphatic rings. The summed E-state index contributed by atoms with van der Waals surface area (Å²) in [5.41, 5.74) is 2.27. The summed E-state index contributed by atoms with van der Waals surface area (Å²) in [7, 11) is 2.10. The number of anilines is 1. The van der Waals surface area contributed by atoms with Gasteiger partial charge >= 0.3 is 0 Å². The van der Waals surface area contributed by atoms with Crippen molar-refractivity contribution >= 4 is 40.7 Å². The van der Waals surface area contributed by atoms with Gasteiger partial charge in [0.2, 0.25) is 0 Å². The summed E-state index contributed by atoms with van der Waals surface area (Å²) in [6.45, 7) is 2.23. The Morgan fingerprint density at radius 3 is 2.71 bits per heavy atom. The molecule has 0 aliphatic carbocycles. The summed E-state index contributed by atoms with van der Waals surface area (Å²) in [5.74, 6) is 1.69. The maximum Gasteiger partial charge on any atom is 0.0494 e. The van der Waals surface area contributed by atoms with E-state index in [1.807, 2.05) is 30.0 Å². The third-order valence-electron chi connectivity index (χ3n) is 2.97. The largest absolute Gasteiger partial charge is 0.372 e. The van der Waals surface area contributed by atoms with E-state index in [0.717, 1.165) is 22.7 Å². The molecule has 1 aromatic rings. The first-order chi connectivity index (χ1) is 8.10. The number of benzene rings is 1. The Morgan fingerprint density at radius 2 is 2.12 bits per heavy atom. The summed E-state index contributed by atoms with van der Waals surface area (Å²) < 4.78 is 0. The van der Waals surface area contributed by atoms with Crippen molar-refractivity contribution in [2.45, 2.75) is 25.3 Å². The van der Waals surface area contributed by atoms with Crippen molar-refractivity contribution in [1.82, 2.24) is 0 Å². The topological polar surface area (TPSA) is 3.24 Å². The highest BCUT2D eigenvalue weighted by Crippen LogP contribution is 2.27. The molecule has 1 unspecified atom stereocenters. The Bertz CT molecular complexity index is 357. The number of thioether (sulfide) groups is 1. The van der Waals surface area contributed by atoms with Crippen molar-refractivity contribution in [3.63, 3.8) is 0 Å². The molecule has 4 heteroatoms. The lowest BCUT2D eigenvalue weighted by Crippen LogP contribution is -2.30. The number of hydrogen-bond acceptors (Lipinski definition) is 2. The molecule has 1 nitrogen and oxygen atoms in total. The monoisotopic (exact) mass is 291 g/mol. The van der Waals surface area contributed by atoms with Gasteiger partial charge in [0.25, 0.3) is 0 Å². The molecule has 0 fully saturated rings. The Kier molecular flexibility index (Phi) is 6.53. The van der Waals surface area contributed by atoms with Crippen LogP contribution in [0, 0.1) is 0 Å². The van der Waals surface area contributed by atoms with E-state index in [0.29, 0.717) is 11.9 Å². The molecule has 1 aromatic carbocycles. The summed E-state index contributed by atoms with van der Waals surface area (Å²) in [4.78, 5) is 2.26. The van der Waals surface area contributed by atoms with Crippen molar-refractivity contribution in [2.24, 2.45) is 0 Å². The molecule has 0 aliphatic heterocycles. The molecule has 0 spiro atoms. The van der Waals surface area contributed by atoms with Gasteiger partial charge < -0.3 is 4.90 Å². The fraction of sp³-hybridized carbons (Fsp3) is 0.538. The van der Waals surface area contributed by atoms with Crippen LogP contribution in [0.2, 0.25) is 5.02 Å². The normalized spacial score (nSPS) is 12.5. The van der Waals surface area contributed by atoms with Crippen LogP contribution < -0.4 is 4.90 Å². The van der Waals surface area contributed by atoms with Crippen molar-refractivity contribution in [3.8, 4) is 0 Å². The SMILES string of the molecule is CSCCC(C)N(C)c1cc(Cl)ccc1CCl. The summed E-state index contributed by atoms with van der Waals surface area (Å²) in [6.07, 6.45) is 3.29. The molecule has 0 heterocycles. The summed E-state index contributed by atoms with van der Waals surface area (Å²) in [5, 5.41) is 0.762. The molecule has 0 aromatic heterocycles. The maximum atomic E-state index is 6.05. The molecule has 0 N–H and O–H groups in total. The molecule has 0 amide bonds. The number of rotatable bonds is 6. The molecule has 0 radical (unpaired) electrons. The smallest absolute Gasteiger partial charge is 0.0494 e. The lowest BCUT2D eigenvalue weighted by Gasteiger charge is -2.29. The molecule has 1 atom stereocenters. The van der Waals surface area contributed by atoms with E-state index in [1.165, 1.54) is 5.75 Å². The number of hydrogen-bond donors (Lipinski definition) is 0. The first-order valence-electron chi connectivity index (χ1n) is 5.66. The minimum absolute atomic E-state index is 0.489. The first-order valence-corrected chi connectivity index (χ1v) is 7.97. The second-order valence-corrected chi connectivity index (χ2v) is 5.84. The van der Waals surface area contributed by atoms with Gasteiger partial charge in [-0.2, -0.15) is 11.8 Å². The van der Waals surface area contributed by atoms with Gasteiger partial charge in [-0.05, 0) is 43.0 Å². The Hall–Kier alpha value is -0.0500. The zero-order valence-corrected chi connectivity index (χ0v) is 12.9. The lowest BCUT2D eigenvalue weighted by molar-refractivity contribution is 0.668. The molecule has 1 rings (SSSR count). The minimum Gasteiger partial charge on any atom is -0.372 e. The van der Waals surface area contributed by atoms with E-state index >= 15 is 0 Å². The maximum absolute atomic E-state index is 6.05. The number of nitrogens with zero attached hydrogens (tertiary/aromatic N) is 1. The third kappa shape index (κ3) is 4.27. The van der Waals surface area contributed by atoms with Crippen LogP contribution in [0.15, 0.2) is 18.2 Å². The summed E-state index contributed by atoms with van der Waals surface area (Å²) >= 11 is 13.9. The molecule has 0 bridgehead atoms. The van der Waals surface area contributed by atoms with E-state index in [-0.39, 0.29) is 0 Å². The van der Waals surface area contributed by atoms with Gasteiger partial charge in [-0.15, -0.1) is 11.6 Å².